The van der Waals surface area contributed by atoms with Crippen molar-refractivity contribution in [2.75, 3.05) is 11.1 Å². The maximum Gasteiger partial charge on any atom is 0.312 e. The molecule has 0 radical (unpaired) electrons. The average Bonchev–Trinajstić information content (AvgIpc) is 3.25. The number of nitrogens with zero attached hydrogens (tertiary/aromatic N) is 2. The first kappa shape index (κ1) is 31.1. The van der Waals surface area contributed by atoms with Gasteiger partial charge in [-0.2, -0.15) is 17.9 Å². The minimum Gasteiger partial charge on any atom is -0.503 e. The summed E-state index contributed by atoms with van der Waals surface area (Å²) in [6.45, 7) is 1.50. The fourth-order valence-corrected chi connectivity index (χ4v) is 5.31. The van der Waals surface area contributed by atoms with Crippen LogP contribution in [-0.2, 0) is 10.1 Å². The maximum atomic E-state index is 13.8. The lowest BCUT2D eigenvalue weighted by Gasteiger charge is -2.12. The Hall–Kier alpha value is -3.88. The van der Waals surface area contributed by atoms with Crippen LogP contribution in [0.25, 0.3) is 16.9 Å². The van der Waals surface area contributed by atoms with Gasteiger partial charge < -0.3 is 14.6 Å². The van der Waals surface area contributed by atoms with Crippen molar-refractivity contribution < 1.29 is 44.5 Å². The second kappa shape index (κ2) is 12.2. The van der Waals surface area contributed by atoms with E-state index < -0.39 is 57.4 Å². The number of rotatable bonds is 9. The first-order chi connectivity index (χ1) is 19.7. The van der Waals surface area contributed by atoms with Crippen molar-refractivity contribution >= 4 is 44.9 Å². The normalized spacial score (nSPS) is 12.4. The van der Waals surface area contributed by atoms with Gasteiger partial charge in [0.1, 0.15) is 11.5 Å². The third kappa shape index (κ3) is 6.61. The Morgan fingerprint density at radius 1 is 1.07 bits per heavy atom. The number of aromatic nitrogens is 2. The van der Waals surface area contributed by atoms with Gasteiger partial charge in [-0.1, -0.05) is 23.2 Å². The van der Waals surface area contributed by atoms with Gasteiger partial charge in [0.2, 0.25) is 5.82 Å². The highest BCUT2D eigenvalue weighted by Crippen LogP contribution is 2.35. The number of amides is 1. The van der Waals surface area contributed by atoms with E-state index in [1.807, 2.05) is 0 Å². The zero-order chi connectivity index (χ0) is 30.9. The minimum atomic E-state index is -4.70. The van der Waals surface area contributed by atoms with Gasteiger partial charge in [0.25, 0.3) is 12.3 Å². The fourth-order valence-electron chi connectivity index (χ4n) is 3.82. The van der Waals surface area contributed by atoms with Gasteiger partial charge >= 0.3 is 10.1 Å². The molecule has 1 amide bonds. The maximum absolute atomic E-state index is 13.8. The van der Waals surface area contributed by atoms with E-state index in [0.29, 0.717) is 16.7 Å². The molecule has 42 heavy (non-hydrogen) atoms. The number of alkyl halides is 3. The van der Waals surface area contributed by atoms with Crippen LogP contribution in [0.4, 0.5) is 27.6 Å². The number of carbonyl (C=O) groups excluding carboxylic acids is 1. The second-order valence-electron chi connectivity index (χ2n) is 8.72. The van der Waals surface area contributed by atoms with Crippen molar-refractivity contribution in [1.29, 1.82) is 0 Å². The quantitative estimate of drug-likeness (QED) is 0.119. The Kier molecular flexibility index (Phi) is 8.99. The molecule has 1 unspecified atom stereocenters. The minimum absolute atomic E-state index is 0.127. The van der Waals surface area contributed by atoms with Gasteiger partial charge in [0.15, 0.2) is 23.4 Å². The third-order valence-electron chi connectivity index (χ3n) is 5.78. The summed E-state index contributed by atoms with van der Waals surface area (Å²) in [7, 11) is -4.70. The van der Waals surface area contributed by atoms with Crippen LogP contribution < -0.4 is 9.50 Å². The van der Waals surface area contributed by atoms with E-state index in [1.54, 1.807) is 0 Å². The number of carbonyl (C=O) groups is 1. The van der Waals surface area contributed by atoms with E-state index in [-0.39, 0.29) is 33.4 Å². The number of halogens is 7. The molecule has 222 valence electrons. The van der Waals surface area contributed by atoms with E-state index in [1.165, 1.54) is 54.1 Å². The molecule has 0 saturated heterocycles. The summed E-state index contributed by atoms with van der Waals surface area (Å²) in [6, 6.07) is 11.1. The molecule has 1 aromatic heterocycles. The number of aromatic hydroxyl groups is 1. The van der Waals surface area contributed by atoms with Crippen LogP contribution in [0, 0.1) is 18.6 Å². The summed E-state index contributed by atoms with van der Waals surface area (Å²) in [4.78, 5) is 13.2. The smallest absolute Gasteiger partial charge is 0.312 e. The zero-order valence-electron chi connectivity index (χ0n) is 21.1. The molecule has 2 N–H and O–H groups in total. The van der Waals surface area contributed by atoms with Crippen molar-refractivity contribution in [3.63, 3.8) is 0 Å². The first-order valence-electron chi connectivity index (χ1n) is 11.7. The highest BCUT2D eigenvalue weighted by atomic mass is 35.5. The van der Waals surface area contributed by atoms with Gasteiger partial charge in [0.05, 0.1) is 22.1 Å². The lowest BCUT2D eigenvalue weighted by molar-refractivity contribution is 0.0611. The zero-order valence-corrected chi connectivity index (χ0v) is 23.4. The van der Waals surface area contributed by atoms with Crippen LogP contribution >= 0.6 is 23.2 Å². The Balaban J connectivity index is 1.75. The average molecular weight is 650 g/mol. The van der Waals surface area contributed by atoms with Gasteiger partial charge in [-0.25, -0.2) is 22.2 Å². The molecule has 0 aliphatic carbocycles. The lowest BCUT2D eigenvalue weighted by Crippen LogP contribution is -2.26. The Morgan fingerprint density at radius 3 is 2.36 bits per heavy atom. The summed E-state index contributed by atoms with van der Waals surface area (Å²) in [6.07, 6.45) is -6.44. The van der Waals surface area contributed by atoms with Crippen LogP contribution in [0.2, 0.25) is 10.0 Å². The number of phenolic OH excluding ortho intramolecular Hbond substituents is 1. The fraction of sp³-hybridized carbons (Fsp3) is 0.154. The first-order valence-corrected chi connectivity index (χ1v) is 14.0. The van der Waals surface area contributed by atoms with Gasteiger partial charge in [-0.3, -0.25) is 4.79 Å². The number of phenols is 1. The van der Waals surface area contributed by atoms with E-state index in [0.717, 1.165) is 6.07 Å². The van der Waals surface area contributed by atoms with Gasteiger partial charge in [-0.05, 0) is 61.5 Å². The molecule has 1 heterocycles. The lowest BCUT2D eigenvalue weighted by atomic mass is 10.1. The Bertz CT molecular complexity index is 1770. The number of hydrogen-bond donors (Lipinski definition) is 2. The molecule has 0 fully saturated rings. The molecule has 1 atom stereocenters. The molecular weight excluding hydrogens is 632 g/mol. The molecule has 0 spiro atoms. The molecule has 0 aliphatic heterocycles. The number of benzene rings is 3. The number of anilines is 1. The number of hydrogen-bond acceptors (Lipinski definition) is 6. The van der Waals surface area contributed by atoms with Crippen molar-refractivity contribution in [3.8, 4) is 28.4 Å². The predicted molar refractivity (Wildman–Crippen MR) is 145 cm³/mol. The summed E-state index contributed by atoms with van der Waals surface area (Å²) < 4.78 is 95.3. The molecule has 4 aromatic rings. The van der Waals surface area contributed by atoms with Gasteiger partial charge in [-0.15, -0.1) is 0 Å². The van der Waals surface area contributed by atoms with E-state index in [4.69, 9.17) is 27.4 Å². The summed E-state index contributed by atoms with van der Waals surface area (Å²) >= 11 is 12.4. The Labute approximate surface area is 245 Å². The predicted octanol–water partition coefficient (Wildman–Crippen LogP) is 6.70. The van der Waals surface area contributed by atoms with Crippen molar-refractivity contribution in [1.82, 2.24) is 9.78 Å². The molecule has 8 nitrogen and oxygen atoms in total. The van der Waals surface area contributed by atoms with Crippen LogP contribution in [0.5, 0.6) is 11.5 Å². The molecule has 3 aromatic carbocycles. The second-order valence-corrected chi connectivity index (χ2v) is 11.2. The number of nitrogens with one attached hydrogen (secondary N) is 1. The third-order valence-corrected chi connectivity index (χ3v) is 7.49. The summed E-state index contributed by atoms with van der Waals surface area (Å²) in [5.41, 5.74) is 0.446. The Morgan fingerprint density at radius 2 is 1.74 bits per heavy atom. The van der Waals surface area contributed by atoms with Crippen LogP contribution in [0.3, 0.4) is 0 Å². The van der Waals surface area contributed by atoms with Crippen molar-refractivity contribution in [2.24, 2.45) is 0 Å². The van der Waals surface area contributed by atoms with E-state index in [2.05, 4.69) is 10.4 Å². The van der Waals surface area contributed by atoms with Crippen LogP contribution in [-0.4, -0.2) is 47.6 Å². The summed E-state index contributed by atoms with van der Waals surface area (Å²) in [5.74, 6) is -6.79. The molecule has 0 aliphatic rings. The highest BCUT2D eigenvalue weighted by Gasteiger charge is 2.29. The molecule has 4 rings (SSSR count). The molecular formula is C26H18Cl2F5N3O5S. The molecule has 16 heteroatoms. The van der Waals surface area contributed by atoms with Crippen molar-refractivity contribution in [2.45, 2.75) is 19.5 Å². The van der Waals surface area contributed by atoms with Crippen LogP contribution in [0.15, 0.2) is 54.6 Å². The van der Waals surface area contributed by atoms with Crippen LogP contribution in [0.1, 0.15) is 16.1 Å². The molecule has 0 saturated carbocycles. The van der Waals surface area contributed by atoms with Crippen molar-refractivity contribution in [3.05, 3.63) is 87.5 Å². The van der Waals surface area contributed by atoms with Gasteiger partial charge in [0, 0.05) is 16.1 Å². The SMILES string of the molecule is Cc1c(C(=O)Nc2ccc(F)c(F)c2O)nn(-c2ccc(Cl)cc2Cl)c1-c1ccc(OS(=O)(=O)CC(F)C(F)F)cc1. The largest absolute Gasteiger partial charge is 0.503 e. The molecule has 0 bridgehead atoms. The topological polar surface area (TPSA) is 111 Å². The summed E-state index contributed by atoms with van der Waals surface area (Å²) in [5, 5.41) is 16.9. The highest BCUT2D eigenvalue weighted by molar-refractivity contribution is 7.87. The van der Waals surface area contributed by atoms with E-state index in [9.17, 15) is 40.3 Å². The monoisotopic (exact) mass is 649 g/mol. The standard InChI is InChI=1S/C26H18Cl2F5N3O5S/c1-12-22(26(38)34-19-8-7-17(29)21(31)24(19)37)35-36(20-9-4-14(27)10-16(20)28)23(12)13-2-5-15(6-3-13)41-42(39,40)11-18(30)25(32)33/h2-10,18,25,37H,11H2,1H3,(H,34,38). The van der Waals surface area contributed by atoms with E-state index >= 15 is 0 Å².